The molecule has 1 saturated heterocycles. The summed E-state index contributed by atoms with van der Waals surface area (Å²) < 4.78 is 5.39. The Bertz CT molecular complexity index is 878. The molecule has 0 aromatic heterocycles. The highest BCUT2D eigenvalue weighted by atomic mass is 16.5. The molecule has 3 fully saturated rings. The van der Waals surface area contributed by atoms with Gasteiger partial charge >= 0.3 is 0 Å². The standard InChI is InChI=1S/C22H21NO3/c1-26-18-10-6-5-9-17(18)23-21(24)19-14-11-15(13-7-3-2-4-8-13)16(12-14)20(19)22(23)25/h2-10,14-16,19-20H,11-12H2,1H3/t14-,15-,16+,19+,20+/m1/s1. The summed E-state index contributed by atoms with van der Waals surface area (Å²) in [6.45, 7) is 0. The van der Waals surface area contributed by atoms with Crippen LogP contribution in [0.1, 0.15) is 24.3 Å². The minimum Gasteiger partial charge on any atom is -0.495 e. The van der Waals surface area contributed by atoms with E-state index < -0.39 is 0 Å². The number of methoxy groups -OCH3 is 1. The number of para-hydroxylation sites is 2. The fourth-order valence-corrected chi connectivity index (χ4v) is 5.59. The fraction of sp³-hybridized carbons (Fsp3) is 0.364. The van der Waals surface area contributed by atoms with Crippen LogP contribution in [-0.2, 0) is 9.59 Å². The van der Waals surface area contributed by atoms with Crippen LogP contribution in [0.25, 0.3) is 0 Å². The number of anilines is 1. The molecule has 1 aliphatic heterocycles. The Kier molecular flexibility index (Phi) is 3.42. The lowest BCUT2D eigenvalue weighted by Gasteiger charge is -2.28. The third kappa shape index (κ3) is 2.02. The first-order chi connectivity index (χ1) is 12.7. The lowest BCUT2D eigenvalue weighted by Crippen LogP contribution is -2.33. The normalized spacial score (nSPS) is 32.2. The summed E-state index contributed by atoms with van der Waals surface area (Å²) >= 11 is 0. The number of hydrogen-bond acceptors (Lipinski definition) is 3. The van der Waals surface area contributed by atoms with E-state index in [0.29, 0.717) is 23.3 Å². The van der Waals surface area contributed by atoms with Crippen LogP contribution < -0.4 is 9.64 Å². The van der Waals surface area contributed by atoms with Crippen molar-refractivity contribution in [2.24, 2.45) is 23.7 Å². The largest absolute Gasteiger partial charge is 0.495 e. The Morgan fingerprint density at radius 1 is 0.885 bits per heavy atom. The molecule has 3 aliphatic rings. The van der Waals surface area contributed by atoms with E-state index in [4.69, 9.17) is 4.74 Å². The van der Waals surface area contributed by atoms with E-state index >= 15 is 0 Å². The molecule has 2 saturated carbocycles. The first-order valence-electron chi connectivity index (χ1n) is 9.26. The lowest BCUT2D eigenvalue weighted by molar-refractivity contribution is -0.123. The molecule has 5 rings (SSSR count). The number of amides is 2. The molecule has 0 spiro atoms. The van der Waals surface area contributed by atoms with Gasteiger partial charge in [0.05, 0.1) is 24.6 Å². The van der Waals surface area contributed by atoms with Gasteiger partial charge in [-0.3, -0.25) is 9.59 Å². The van der Waals surface area contributed by atoms with Crippen LogP contribution in [-0.4, -0.2) is 18.9 Å². The minimum atomic E-state index is -0.184. The van der Waals surface area contributed by atoms with Crippen LogP contribution in [0.4, 0.5) is 5.69 Å². The Hall–Kier alpha value is -2.62. The van der Waals surface area contributed by atoms with Gasteiger partial charge in [-0.2, -0.15) is 0 Å². The molecule has 4 nitrogen and oxygen atoms in total. The molecule has 2 aliphatic carbocycles. The summed E-state index contributed by atoms with van der Waals surface area (Å²) in [6, 6.07) is 17.7. The maximum Gasteiger partial charge on any atom is 0.238 e. The predicted molar refractivity (Wildman–Crippen MR) is 97.9 cm³/mol. The van der Waals surface area contributed by atoms with Crippen molar-refractivity contribution < 1.29 is 14.3 Å². The van der Waals surface area contributed by atoms with Crippen LogP contribution in [0.2, 0.25) is 0 Å². The molecule has 2 aromatic rings. The quantitative estimate of drug-likeness (QED) is 0.797. The molecule has 1 heterocycles. The summed E-state index contributed by atoms with van der Waals surface area (Å²) in [6.07, 6.45) is 2.00. The van der Waals surface area contributed by atoms with Gasteiger partial charge in [0.25, 0.3) is 0 Å². The highest BCUT2D eigenvalue weighted by Gasteiger charge is 2.64. The summed E-state index contributed by atoms with van der Waals surface area (Å²) in [4.78, 5) is 27.8. The van der Waals surface area contributed by atoms with Crippen molar-refractivity contribution in [2.45, 2.75) is 18.8 Å². The second-order valence-corrected chi connectivity index (χ2v) is 7.65. The molecule has 132 valence electrons. The van der Waals surface area contributed by atoms with Gasteiger partial charge in [-0.15, -0.1) is 0 Å². The van der Waals surface area contributed by atoms with Gasteiger partial charge < -0.3 is 4.74 Å². The van der Waals surface area contributed by atoms with Gasteiger partial charge in [0, 0.05) is 0 Å². The Morgan fingerprint density at radius 3 is 2.35 bits per heavy atom. The zero-order valence-corrected chi connectivity index (χ0v) is 14.7. The maximum atomic E-state index is 13.3. The topological polar surface area (TPSA) is 46.6 Å². The molecule has 0 unspecified atom stereocenters. The highest BCUT2D eigenvalue weighted by Crippen LogP contribution is 2.62. The molecule has 0 N–H and O–H groups in total. The van der Waals surface area contributed by atoms with Gasteiger partial charge in [0.15, 0.2) is 0 Å². The molecule has 4 heteroatoms. The summed E-state index contributed by atoms with van der Waals surface area (Å²) in [7, 11) is 1.57. The summed E-state index contributed by atoms with van der Waals surface area (Å²) in [5, 5.41) is 0. The number of ether oxygens (including phenoxy) is 1. The van der Waals surface area contributed by atoms with Gasteiger partial charge in [0.2, 0.25) is 11.8 Å². The maximum absolute atomic E-state index is 13.3. The number of rotatable bonds is 3. The second kappa shape index (κ2) is 5.70. The molecular formula is C22H21NO3. The molecule has 2 amide bonds. The molecular weight excluding hydrogens is 326 g/mol. The van der Waals surface area contributed by atoms with Crippen molar-refractivity contribution in [3.8, 4) is 5.75 Å². The van der Waals surface area contributed by atoms with E-state index in [1.54, 1.807) is 19.2 Å². The van der Waals surface area contributed by atoms with E-state index in [0.717, 1.165) is 12.8 Å². The molecule has 0 radical (unpaired) electrons. The van der Waals surface area contributed by atoms with Gasteiger partial charge in [-0.1, -0.05) is 42.5 Å². The number of hydrogen-bond donors (Lipinski definition) is 0. The Labute approximate surface area is 152 Å². The van der Waals surface area contributed by atoms with Crippen LogP contribution in [0, 0.1) is 23.7 Å². The van der Waals surface area contributed by atoms with E-state index in [2.05, 4.69) is 24.3 Å². The SMILES string of the molecule is COc1ccccc1N1C(=O)[C@H]2[C@H]3C[C@H]([C@@H]2C1=O)[C@@H](c1ccccc1)C3. The van der Waals surface area contributed by atoms with Crippen molar-refractivity contribution in [1.82, 2.24) is 0 Å². The number of carbonyl (C=O) groups excluding carboxylic acids is 2. The first kappa shape index (κ1) is 15.6. The third-order valence-electron chi connectivity index (χ3n) is 6.57. The fourth-order valence-electron chi connectivity index (χ4n) is 5.59. The van der Waals surface area contributed by atoms with Crippen molar-refractivity contribution in [3.05, 3.63) is 60.2 Å². The summed E-state index contributed by atoms with van der Waals surface area (Å²) in [5.41, 5.74) is 1.88. The number of nitrogens with zero attached hydrogens (tertiary/aromatic N) is 1. The monoisotopic (exact) mass is 347 g/mol. The van der Waals surface area contributed by atoms with Crippen LogP contribution in [0.3, 0.4) is 0 Å². The number of imide groups is 1. The van der Waals surface area contributed by atoms with E-state index in [1.165, 1.54) is 10.5 Å². The van der Waals surface area contributed by atoms with Crippen LogP contribution in [0.15, 0.2) is 54.6 Å². The lowest BCUT2D eigenvalue weighted by atomic mass is 9.73. The predicted octanol–water partition coefficient (Wildman–Crippen LogP) is 3.62. The second-order valence-electron chi connectivity index (χ2n) is 7.65. The van der Waals surface area contributed by atoms with E-state index in [9.17, 15) is 9.59 Å². The Morgan fingerprint density at radius 2 is 1.58 bits per heavy atom. The minimum absolute atomic E-state index is 0.0384. The van der Waals surface area contributed by atoms with Crippen molar-refractivity contribution in [3.63, 3.8) is 0 Å². The zero-order valence-electron chi connectivity index (χ0n) is 14.7. The molecule has 5 atom stereocenters. The molecule has 2 aromatic carbocycles. The van der Waals surface area contributed by atoms with Crippen LogP contribution >= 0.6 is 0 Å². The molecule has 2 bridgehead atoms. The molecule has 26 heavy (non-hydrogen) atoms. The Balaban J connectivity index is 1.51. The van der Waals surface area contributed by atoms with Gasteiger partial charge in [-0.05, 0) is 48.3 Å². The average Bonchev–Trinajstić information content (AvgIpc) is 3.34. The third-order valence-corrected chi connectivity index (χ3v) is 6.57. The van der Waals surface area contributed by atoms with E-state index in [1.807, 2.05) is 18.2 Å². The van der Waals surface area contributed by atoms with Crippen molar-refractivity contribution >= 4 is 17.5 Å². The number of carbonyl (C=O) groups is 2. The van der Waals surface area contributed by atoms with Crippen molar-refractivity contribution in [2.75, 3.05) is 12.0 Å². The smallest absolute Gasteiger partial charge is 0.238 e. The number of fused-ring (bicyclic) bond motifs is 5. The van der Waals surface area contributed by atoms with Crippen LogP contribution in [0.5, 0.6) is 5.75 Å². The van der Waals surface area contributed by atoms with E-state index in [-0.39, 0.29) is 29.6 Å². The van der Waals surface area contributed by atoms with Gasteiger partial charge in [0.1, 0.15) is 5.75 Å². The van der Waals surface area contributed by atoms with Gasteiger partial charge in [-0.25, -0.2) is 4.90 Å². The van der Waals surface area contributed by atoms with Crippen molar-refractivity contribution in [1.29, 1.82) is 0 Å². The first-order valence-corrected chi connectivity index (χ1v) is 9.26. The summed E-state index contributed by atoms with van der Waals surface area (Å²) in [5.74, 6) is 1.11. The zero-order chi connectivity index (χ0) is 17.8. The highest BCUT2D eigenvalue weighted by molar-refractivity contribution is 6.23. The number of benzene rings is 2. The average molecular weight is 347 g/mol.